The number of nitrogens with one attached hydrogen (secondary N) is 1. The van der Waals surface area contributed by atoms with Gasteiger partial charge in [0.05, 0.1) is 10.7 Å². The normalized spacial score (nSPS) is 16.7. The number of thiocarbonyl (C=S) groups is 1. The molecule has 2 aromatic rings. The topological polar surface area (TPSA) is 62.6 Å². The van der Waals surface area contributed by atoms with Gasteiger partial charge in [-0.1, -0.05) is 23.2 Å². The number of amides is 2. The van der Waals surface area contributed by atoms with E-state index in [1.165, 1.54) is 12.1 Å². The van der Waals surface area contributed by atoms with Crippen LogP contribution in [0.3, 0.4) is 0 Å². The highest BCUT2D eigenvalue weighted by Gasteiger charge is 2.35. The van der Waals surface area contributed by atoms with Gasteiger partial charge in [-0.3, -0.25) is 19.8 Å². The average Bonchev–Trinajstić information content (AvgIpc) is 2.91. The molecule has 1 aromatic heterocycles. The number of rotatable bonds is 2. The molecule has 0 aliphatic carbocycles. The standard InChI is InChI=1S/C16H10Cl2N2O3S/c1-8-2-4-10(23-8)7-11-14(21)19-16(24)20(15(11)22)13-5-3-9(17)6-12(13)18/h2-7H,1H3,(H,19,21,24). The maximum absolute atomic E-state index is 12.8. The number of furan rings is 1. The molecule has 1 saturated heterocycles. The van der Waals surface area contributed by atoms with Gasteiger partial charge in [-0.2, -0.15) is 0 Å². The highest BCUT2D eigenvalue weighted by molar-refractivity contribution is 7.80. The number of carbonyl (C=O) groups excluding carboxylic acids is 2. The molecule has 2 heterocycles. The molecule has 0 atom stereocenters. The zero-order valence-corrected chi connectivity index (χ0v) is 14.6. The number of hydrogen-bond acceptors (Lipinski definition) is 4. The fourth-order valence-electron chi connectivity index (χ4n) is 2.21. The minimum absolute atomic E-state index is 0.0537. The Kier molecular flexibility index (Phi) is 4.45. The zero-order chi connectivity index (χ0) is 17.4. The maximum Gasteiger partial charge on any atom is 0.270 e. The first-order valence-corrected chi connectivity index (χ1v) is 7.96. The summed E-state index contributed by atoms with van der Waals surface area (Å²) in [5, 5.41) is 3.08. The highest BCUT2D eigenvalue weighted by atomic mass is 35.5. The summed E-state index contributed by atoms with van der Waals surface area (Å²) in [6, 6.07) is 8.02. The van der Waals surface area contributed by atoms with Crippen LogP contribution in [0.5, 0.6) is 0 Å². The van der Waals surface area contributed by atoms with E-state index < -0.39 is 11.8 Å². The summed E-state index contributed by atoms with van der Waals surface area (Å²) in [6.07, 6.45) is 1.36. The lowest BCUT2D eigenvalue weighted by molar-refractivity contribution is -0.122. The van der Waals surface area contributed by atoms with Crippen molar-refractivity contribution >= 4 is 64.1 Å². The Morgan fingerprint density at radius 1 is 1.21 bits per heavy atom. The molecule has 1 fully saturated rings. The van der Waals surface area contributed by atoms with Crippen LogP contribution in [0.15, 0.2) is 40.3 Å². The van der Waals surface area contributed by atoms with E-state index in [4.69, 9.17) is 39.8 Å². The van der Waals surface area contributed by atoms with Crippen LogP contribution < -0.4 is 10.2 Å². The molecule has 3 rings (SSSR count). The Bertz CT molecular complexity index is 904. The number of halogens is 2. The smallest absolute Gasteiger partial charge is 0.270 e. The number of nitrogens with zero attached hydrogens (tertiary/aromatic N) is 1. The predicted molar refractivity (Wildman–Crippen MR) is 96.1 cm³/mol. The number of aryl methyl sites for hydroxylation is 1. The van der Waals surface area contributed by atoms with Gasteiger partial charge in [0.15, 0.2) is 5.11 Å². The van der Waals surface area contributed by atoms with Crippen molar-refractivity contribution in [2.75, 3.05) is 4.90 Å². The fraction of sp³-hybridized carbons (Fsp3) is 0.0625. The van der Waals surface area contributed by atoms with Gasteiger partial charge in [0.1, 0.15) is 17.1 Å². The Balaban J connectivity index is 2.04. The van der Waals surface area contributed by atoms with Crippen LogP contribution in [0.4, 0.5) is 5.69 Å². The summed E-state index contributed by atoms with van der Waals surface area (Å²) >= 11 is 17.1. The first-order chi connectivity index (χ1) is 11.4. The van der Waals surface area contributed by atoms with E-state index in [1.54, 1.807) is 31.2 Å². The third kappa shape index (κ3) is 3.08. The molecule has 1 aliphatic rings. The van der Waals surface area contributed by atoms with Crippen molar-refractivity contribution in [1.82, 2.24) is 5.32 Å². The Morgan fingerprint density at radius 2 is 1.96 bits per heavy atom. The van der Waals surface area contributed by atoms with Gasteiger partial charge in [0.25, 0.3) is 11.8 Å². The molecule has 1 N–H and O–H groups in total. The van der Waals surface area contributed by atoms with Gasteiger partial charge >= 0.3 is 0 Å². The quantitative estimate of drug-likeness (QED) is 0.489. The number of benzene rings is 1. The molecule has 0 spiro atoms. The number of carbonyl (C=O) groups is 2. The molecule has 8 heteroatoms. The van der Waals surface area contributed by atoms with Crippen LogP contribution in [-0.2, 0) is 9.59 Å². The molecule has 0 saturated carbocycles. The summed E-state index contributed by atoms with van der Waals surface area (Å²) in [5.41, 5.74) is 0.224. The van der Waals surface area contributed by atoms with Gasteiger partial charge in [0.2, 0.25) is 0 Å². The lowest BCUT2D eigenvalue weighted by atomic mass is 10.1. The SMILES string of the molecule is Cc1ccc(C=C2C(=O)NC(=S)N(c3ccc(Cl)cc3Cl)C2=O)o1. The van der Waals surface area contributed by atoms with Gasteiger partial charge in [-0.15, -0.1) is 0 Å². The minimum Gasteiger partial charge on any atom is -0.462 e. The first-order valence-electron chi connectivity index (χ1n) is 6.80. The van der Waals surface area contributed by atoms with Gasteiger partial charge in [0, 0.05) is 5.02 Å². The second kappa shape index (κ2) is 6.39. The second-order valence-electron chi connectivity index (χ2n) is 5.00. The lowest BCUT2D eigenvalue weighted by Gasteiger charge is -2.29. The van der Waals surface area contributed by atoms with E-state index >= 15 is 0 Å². The molecule has 0 unspecified atom stereocenters. The number of hydrogen-bond donors (Lipinski definition) is 1. The Labute approximate surface area is 152 Å². The molecule has 1 aromatic carbocycles. The zero-order valence-electron chi connectivity index (χ0n) is 12.3. The highest BCUT2D eigenvalue weighted by Crippen LogP contribution is 2.31. The molecular weight excluding hydrogens is 371 g/mol. The molecule has 0 bridgehead atoms. The molecule has 0 radical (unpaired) electrons. The molecule has 122 valence electrons. The summed E-state index contributed by atoms with van der Waals surface area (Å²) in [4.78, 5) is 26.1. The van der Waals surface area contributed by atoms with Crippen LogP contribution in [0.1, 0.15) is 11.5 Å². The van der Waals surface area contributed by atoms with E-state index in [-0.39, 0.29) is 15.7 Å². The molecule has 5 nitrogen and oxygen atoms in total. The summed E-state index contributed by atoms with van der Waals surface area (Å²) < 4.78 is 5.39. The number of anilines is 1. The van der Waals surface area contributed by atoms with Crippen molar-refractivity contribution in [3.63, 3.8) is 0 Å². The molecular formula is C16H10Cl2N2O3S. The predicted octanol–water partition coefficient (Wildman–Crippen LogP) is 3.73. The van der Waals surface area contributed by atoms with Gasteiger partial charge < -0.3 is 4.42 Å². The van der Waals surface area contributed by atoms with Crippen molar-refractivity contribution in [2.45, 2.75) is 6.92 Å². The first kappa shape index (κ1) is 16.7. The van der Waals surface area contributed by atoms with Crippen molar-refractivity contribution in [1.29, 1.82) is 0 Å². The van der Waals surface area contributed by atoms with Crippen LogP contribution in [0, 0.1) is 6.92 Å². The molecule has 1 aliphatic heterocycles. The second-order valence-corrected chi connectivity index (χ2v) is 6.23. The fourth-order valence-corrected chi connectivity index (χ4v) is 2.98. The lowest BCUT2D eigenvalue weighted by Crippen LogP contribution is -2.54. The van der Waals surface area contributed by atoms with Crippen LogP contribution >= 0.6 is 35.4 Å². The van der Waals surface area contributed by atoms with Gasteiger partial charge in [-0.25, -0.2) is 0 Å². The summed E-state index contributed by atoms with van der Waals surface area (Å²) in [5.74, 6) is -0.137. The monoisotopic (exact) mass is 380 g/mol. The Morgan fingerprint density at radius 3 is 2.58 bits per heavy atom. The molecule has 24 heavy (non-hydrogen) atoms. The van der Waals surface area contributed by atoms with E-state index in [0.717, 1.165) is 4.90 Å². The van der Waals surface area contributed by atoms with E-state index in [2.05, 4.69) is 5.32 Å². The maximum atomic E-state index is 12.8. The van der Waals surface area contributed by atoms with Crippen molar-refractivity contribution in [3.8, 4) is 0 Å². The van der Waals surface area contributed by atoms with Gasteiger partial charge in [-0.05, 0) is 55.5 Å². The summed E-state index contributed by atoms with van der Waals surface area (Å²) in [6.45, 7) is 1.76. The van der Waals surface area contributed by atoms with Crippen LogP contribution in [-0.4, -0.2) is 16.9 Å². The Hall–Kier alpha value is -2.15. The van der Waals surface area contributed by atoms with Crippen molar-refractivity contribution in [2.24, 2.45) is 0 Å². The largest absolute Gasteiger partial charge is 0.462 e. The van der Waals surface area contributed by atoms with Crippen LogP contribution in [0.25, 0.3) is 6.08 Å². The van der Waals surface area contributed by atoms with Crippen molar-refractivity contribution in [3.05, 3.63) is 57.5 Å². The summed E-state index contributed by atoms with van der Waals surface area (Å²) in [7, 11) is 0. The average molecular weight is 381 g/mol. The minimum atomic E-state index is -0.597. The van der Waals surface area contributed by atoms with Crippen LogP contribution in [0.2, 0.25) is 10.0 Å². The third-order valence-corrected chi connectivity index (χ3v) is 4.12. The third-order valence-electron chi connectivity index (χ3n) is 3.30. The van der Waals surface area contributed by atoms with E-state index in [0.29, 0.717) is 22.2 Å². The van der Waals surface area contributed by atoms with Crippen molar-refractivity contribution < 1.29 is 14.0 Å². The van der Waals surface area contributed by atoms with E-state index in [1.807, 2.05) is 0 Å². The van der Waals surface area contributed by atoms with E-state index in [9.17, 15) is 9.59 Å². The molecule has 2 amide bonds.